The summed E-state index contributed by atoms with van der Waals surface area (Å²) in [5, 5.41) is 0. The lowest BCUT2D eigenvalue weighted by atomic mass is 10.0. The quantitative estimate of drug-likeness (QED) is 0.0261. The number of hydrogen-bond donors (Lipinski definition) is 0. The number of hydrogen-bond acceptors (Lipinski definition) is 6. The number of allylic oxidation sites excluding steroid dienone is 14. The van der Waals surface area contributed by atoms with Gasteiger partial charge in [0.1, 0.15) is 13.2 Å². The third-order valence-electron chi connectivity index (χ3n) is 12.9. The van der Waals surface area contributed by atoms with Crippen LogP contribution in [0.5, 0.6) is 0 Å². The summed E-state index contributed by atoms with van der Waals surface area (Å²) in [5.41, 5.74) is 0. The second-order valence-corrected chi connectivity index (χ2v) is 19.9. The van der Waals surface area contributed by atoms with E-state index in [4.69, 9.17) is 14.2 Å². The molecule has 71 heavy (non-hydrogen) atoms. The highest BCUT2D eigenvalue weighted by atomic mass is 16.6. The molecule has 0 aliphatic carbocycles. The Labute approximate surface area is 439 Å². The van der Waals surface area contributed by atoms with E-state index in [1.54, 1.807) is 0 Å². The third kappa shape index (κ3) is 57.4. The molecule has 0 heterocycles. The SMILES string of the molecule is CC/C=C\C/C=C\C/C=C\CCCCCCCC(=O)OC[C@H](COC(=O)CCCCCCCCCCCCC/C=C\CCCCCCCC)OC(=O)CCCCCC/C=C\C/C=C\C/C=C\CCCCC. The van der Waals surface area contributed by atoms with Gasteiger partial charge >= 0.3 is 17.9 Å². The van der Waals surface area contributed by atoms with Crippen LogP contribution in [0.15, 0.2) is 85.1 Å². The van der Waals surface area contributed by atoms with E-state index >= 15 is 0 Å². The normalized spacial score (nSPS) is 12.7. The molecule has 0 aromatic heterocycles. The van der Waals surface area contributed by atoms with Crippen LogP contribution in [0.2, 0.25) is 0 Å². The molecule has 0 fully saturated rings. The van der Waals surface area contributed by atoms with E-state index in [2.05, 4.69) is 106 Å². The second kappa shape index (κ2) is 59.2. The van der Waals surface area contributed by atoms with Crippen LogP contribution in [0.1, 0.15) is 290 Å². The van der Waals surface area contributed by atoms with Crippen molar-refractivity contribution in [3.63, 3.8) is 0 Å². The van der Waals surface area contributed by atoms with Crippen LogP contribution in [-0.2, 0) is 28.6 Å². The fraction of sp³-hybridized carbons (Fsp3) is 0.738. The molecular formula is C65H112O6. The highest BCUT2D eigenvalue weighted by Gasteiger charge is 2.19. The Bertz CT molecular complexity index is 1370. The Hall–Kier alpha value is -3.41. The molecule has 0 rings (SSSR count). The van der Waals surface area contributed by atoms with Gasteiger partial charge < -0.3 is 14.2 Å². The van der Waals surface area contributed by atoms with Gasteiger partial charge in [-0.3, -0.25) is 14.4 Å². The Balaban J connectivity index is 4.40. The molecular weight excluding hydrogens is 877 g/mol. The molecule has 0 radical (unpaired) electrons. The molecule has 1 atom stereocenters. The number of carbonyl (C=O) groups excluding carboxylic acids is 3. The first-order chi connectivity index (χ1) is 35.0. The van der Waals surface area contributed by atoms with Crippen molar-refractivity contribution < 1.29 is 28.6 Å². The first-order valence-electron chi connectivity index (χ1n) is 30.1. The lowest BCUT2D eigenvalue weighted by Gasteiger charge is -2.18. The maximum Gasteiger partial charge on any atom is 0.306 e. The minimum Gasteiger partial charge on any atom is -0.462 e. The molecule has 0 aliphatic rings. The summed E-state index contributed by atoms with van der Waals surface area (Å²) in [6, 6.07) is 0. The average molecular weight is 990 g/mol. The zero-order chi connectivity index (χ0) is 51.4. The first kappa shape index (κ1) is 67.6. The third-order valence-corrected chi connectivity index (χ3v) is 12.9. The Morgan fingerprint density at radius 1 is 0.296 bits per heavy atom. The van der Waals surface area contributed by atoms with E-state index in [9.17, 15) is 14.4 Å². The minimum atomic E-state index is -0.797. The van der Waals surface area contributed by atoms with E-state index < -0.39 is 6.10 Å². The summed E-state index contributed by atoms with van der Waals surface area (Å²) >= 11 is 0. The summed E-state index contributed by atoms with van der Waals surface area (Å²) in [6.07, 6.45) is 77.2. The fourth-order valence-corrected chi connectivity index (χ4v) is 8.34. The van der Waals surface area contributed by atoms with E-state index in [1.165, 1.54) is 128 Å². The summed E-state index contributed by atoms with van der Waals surface area (Å²) in [7, 11) is 0. The Morgan fingerprint density at radius 2 is 0.549 bits per heavy atom. The molecule has 0 aromatic rings. The van der Waals surface area contributed by atoms with Crippen molar-refractivity contribution in [2.45, 2.75) is 297 Å². The largest absolute Gasteiger partial charge is 0.462 e. The summed E-state index contributed by atoms with van der Waals surface area (Å²) in [6.45, 7) is 6.48. The van der Waals surface area contributed by atoms with E-state index in [0.717, 1.165) is 122 Å². The van der Waals surface area contributed by atoms with Gasteiger partial charge in [0, 0.05) is 19.3 Å². The van der Waals surface area contributed by atoms with Gasteiger partial charge in [-0.1, -0.05) is 241 Å². The van der Waals surface area contributed by atoms with Crippen LogP contribution >= 0.6 is 0 Å². The summed E-state index contributed by atoms with van der Waals surface area (Å²) < 4.78 is 16.9. The van der Waals surface area contributed by atoms with Crippen LogP contribution in [0.3, 0.4) is 0 Å². The number of esters is 3. The Kier molecular flexibility index (Phi) is 56.3. The molecule has 0 N–H and O–H groups in total. The predicted octanol–water partition coefficient (Wildman–Crippen LogP) is 20.3. The van der Waals surface area contributed by atoms with Crippen molar-refractivity contribution in [3.8, 4) is 0 Å². The smallest absolute Gasteiger partial charge is 0.306 e. The molecule has 0 aromatic carbocycles. The molecule has 0 unspecified atom stereocenters. The fourth-order valence-electron chi connectivity index (χ4n) is 8.34. The van der Waals surface area contributed by atoms with Crippen molar-refractivity contribution in [2.75, 3.05) is 13.2 Å². The monoisotopic (exact) mass is 989 g/mol. The molecule has 0 aliphatic heterocycles. The summed E-state index contributed by atoms with van der Waals surface area (Å²) in [4.78, 5) is 38.2. The van der Waals surface area contributed by atoms with Crippen molar-refractivity contribution in [1.82, 2.24) is 0 Å². The molecule has 408 valence electrons. The van der Waals surface area contributed by atoms with Crippen LogP contribution in [0.25, 0.3) is 0 Å². The highest BCUT2D eigenvalue weighted by molar-refractivity contribution is 5.71. The minimum absolute atomic E-state index is 0.0912. The highest BCUT2D eigenvalue weighted by Crippen LogP contribution is 2.15. The average Bonchev–Trinajstić information content (AvgIpc) is 3.37. The molecule has 6 heteroatoms. The first-order valence-corrected chi connectivity index (χ1v) is 30.1. The molecule has 0 saturated heterocycles. The predicted molar refractivity (Wildman–Crippen MR) is 307 cm³/mol. The molecule has 0 amide bonds. The van der Waals surface area contributed by atoms with Gasteiger partial charge in [0.15, 0.2) is 6.10 Å². The van der Waals surface area contributed by atoms with Crippen molar-refractivity contribution in [1.29, 1.82) is 0 Å². The van der Waals surface area contributed by atoms with Crippen molar-refractivity contribution >= 4 is 17.9 Å². The number of carbonyl (C=O) groups is 3. The van der Waals surface area contributed by atoms with Crippen LogP contribution in [0.4, 0.5) is 0 Å². The lowest BCUT2D eigenvalue weighted by molar-refractivity contribution is -0.167. The molecule has 0 spiro atoms. The van der Waals surface area contributed by atoms with Gasteiger partial charge in [0.2, 0.25) is 0 Å². The van der Waals surface area contributed by atoms with Crippen LogP contribution in [0, 0.1) is 0 Å². The van der Waals surface area contributed by atoms with E-state index in [-0.39, 0.29) is 31.1 Å². The van der Waals surface area contributed by atoms with E-state index in [0.29, 0.717) is 19.3 Å². The van der Waals surface area contributed by atoms with Gasteiger partial charge in [-0.05, 0) is 116 Å². The van der Waals surface area contributed by atoms with Gasteiger partial charge in [-0.15, -0.1) is 0 Å². The van der Waals surface area contributed by atoms with Crippen LogP contribution in [-0.4, -0.2) is 37.2 Å². The van der Waals surface area contributed by atoms with Gasteiger partial charge in [0.25, 0.3) is 0 Å². The van der Waals surface area contributed by atoms with Crippen molar-refractivity contribution in [2.24, 2.45) is 0 Å². The number of rotatable bonds is 54. The summed E-state index contributed by atoms with van der Waals surface area (Å²) in [5.74, 6) is -0.924. The second-order valence-electron chi connectivity index (χ2n) is 19.9. The van der Waals surface area contributed by atoms with E-state index in [1.807, 2.05) is 0 Å². The maximum atomic E-state index is 12.9. The molecule has 6 nitrogen and oxygen atoms in total. The number of unbranched alkanes of at least 4 members (excludes halogenated alkanes) is 29. The van der Waals surface area contributed by atoms with Crippen LogP contribution < -0.4 is 0 Å². The number of ether oxygens (including phenoxy) is 3. The van der Waals surface area contributed by atoms with Crippen molar-refractivity contribution in [3.05, 3.63) is 85.1 Å². The topological polar surface area (TPSA) is 78.9 Å². The lowest BCUT2D eigenvalue weighted by Crippen LogP contribution is -2.30. The van der Waals surface area contributed by atoms with Gasteiger partial charge in [0.05, 0.1) is 0 Å². The zero-order valence-electron chi connectivity index (χ0n) is 46.7. The van der Waals surface area contributed by atoms with Gasteiger partial charge in [-0.2, -0.15) is 0 Å². The molecule has 0 saturated carbocycles. The molecule has 0 bridgehead atoms. The van der Waals surface area contributed by atoms with Gasteiger partial charge in [-0.25, -0.2) is 0 Å². The standard InChI is InChI=1S/C65H112O6/c1-4-7-10-13-16-19-22-25-28-30-31-32-33-35-37-40-43-46-49-52-55-58-64(67)70-61-62(60-69-63(66)57-54-51-48-45-42-39-36-27-24-21-18-15-12-9-6-3)71-65(68)59-56-53-50-47-44-41-38-34-29-26-23-20-17-14-11-8-5-2/h9,12,17-18,20-21,25-29,36,38,41,62H,4-8,10-11,13-16,19,22-24,30-35,37,39-40,42-61H2,1-3H3/b12-9-,20-17-,21-18-,28-25-,29-26-,36-27-,41-38-/t62-/m1/s1. The maximum absolute atomic E-state index is 12.9. The zero-order valence-corrected chi connectivity index (χ0v) is 46.7. The Morgan fingerprint density at radius 3 is 0.901 bits per heavy atom.